The lowest BCUT2D eigenvalue weighted by Crippen LogP contribution is -2.54. The van der Waals surface area contributed by atoms with Crippen LogP contribution in [0.25, 0.3) is 0 Å². The highest BCUT2D eigenvalue weighted by Gasteiger charge is 2.45. The maximum atomic E-state index is 14.5. The Morgan fingerprint density at radius 2 is 1.74 bits per heavy atom. The van der Waals surface area contributed by atoms with Gasteiger partial charge in [-0.3, -0.25) is 0 Å². The van der Waals surface area contributed by atoms with Crippen molar-refractivity contribution in [1.29, 1.82) is 0 Å². The highest BCUT2D eigenvalue weighted by molar-refractivity contribution is 7.91. The SMILES string of the molecule is CC(C)(C)[S+]([O-])N[C@H](CF)[C@@H]1CCC(CC(C)(C)[S+]([O-])N(Cc2ccccc2)[C@H](CF)[C@@H]2CCC=CO2)=CO1. The standard InChI is InChI=1S/C29H44F2N2O4S2/c1-28(2,3)38(34)32-24(18-30)26-15-14-23(21-37-26)17-29(4,5)39(35)33(20-22-11-7-6-8-12-22)25(19-31)27-13-9-10-16-36-27/h6-8,10-12,16,21,24-27,32H,9,13-15,17-20H2,1-5H3/t24-,25-,26+,27+,38?,39?/m1/s1. The number of nitrogens with one attached hydrogen (secondary N) is 1. The third-order valence-corrected chi connectivity index (χ3v) is 10.6. The number of ether oxygens (including phenoxy) is 2. The Hall–Kier alpha value is -1.30. The molecule has 2 aliphatic rings. The first kappa shape index (κ1) is 32.2. The zero-order valence-electron chi connectivity index (χ0n) is 23.7. The van der Waals surface area contributed by atoms with Gasteiger partial charge in [0.1, 0.15) is 47.1 Å². The molecular weight excluding hydrogens is 542 g/mol. The van der Waals surface area contributed by atoms with Crippen LogP contribution in [-0.4, -0.2) is 60.5 Å². The first-order valence-corrected chi connectivity index (χ1v) is 15.9. The van der Waals surface area contributed by atoms with Crippen molar-refractivity contribution in [3.8, 4) is 0 Å². The van der Waals surface area contributed by atoms with Crippen molar-refractivity contribution in [2.75, 3.05) is 13.3 Å². The lowest BCUT2D eigenvalue weighted by molar-refractivity contribution is 0.0420. The molecule has 39 heavy (non-hydrogen) atoms. The maximum Gasteiger partial charge on any atom is 0.143 e. The first-order chi connectivity index (χ1) is 18.5. The molecule has 1 aromatic rings. The Balaban J connectivity index is 1.72. The summed E-state index contributed by atoms with van der Waals surface area (Å²) < 4.78 is 70.1. The zero-order chi connectivity index (χ0) is 28.6. The van der Waals surface area contributed by atoms with E-state index in [1.807, 2.05) is 71.0 Å². The van der Waals surface area contributed by atoms with E-state index in [-0.39, 0.29) is 6.10 Å². The van der Waals surface area contributed by atoms with Crippen molar-refractivity contribution in [3.05, 3.63) is 60.1 Å². The van der Waals surface area contributed by atoms with Crippen molar-refractivity contribution >= 4 is 22.7 Å². The molecular formula is C29H44F2N2O4S2. The fraction of sp³-hybridized carbons (Fsp3) is 0.655. The van der Waals surface area contributed by atoms with Gasteiger partial charge >= 0.3 is 0 Å². The summed E-state index contributed by atoms with van der Waals surface area (Å²) in [5.41, 5.74) is 1.92. The van der Waals surface area contributed by atoms with E-state index in [2.05, 4.69) is 4.72 Å². The van der Waals surface area contributed by atoms with Crippen LogP contribution in [0.15, 0.2) is 54.5 Å². The molecule has 6 atom stereocenters. The Bertz CT molecular complexity index is 945. The van der Waals surface area contributed by atoms with Gasteiger partial charge in [-0.05, 0) is 77.5 Å². The molecule has 220 valence electrons. The summed E-state index contributed by atoms with van der Waals surface area (Å²) in [4.78, 5) is 0. The van der Waals surface area contributed by atoms with Gasteiger partial charge in [0.15, 0.2) is 0 Å². The number of halogens is 2. The normalized spacial score (nSPS) is 23.4. The Kier molecular flexibility index (Phi) is 12.0. The summed E-state index contributed by atoms with van der Waals surface area (Å²) in [5, 5.41) is 0. The third kappa shape index (κ3) is 9.10. The molecule has 0 saturated heterocycles. The van der Waals surface area contributed by atoms with Crippen LogP contribution in [0.4, 0.5) is 8.78 Å². The molecule has 0 aromatic heterocycles. The van der Waals surface area contributed by atoms with Gasteiger partial charge in [0.25, 0.3) is 0 Å². The van der Waals surface area contributed by atoms with E-state index in [1.165, 1.54) is 0 Å². The Morgan fingerprint density at radius 3 is 2.28 bits per heavy atom. The van der Waals surface area contributed by atoms with Crippen molar-refractivity contribution in [2.45, 2.75) is 107 Å². The molecule has 0 spiro atoms. The van der Waals surface area contributed by atoms with Gasteiger partial charge in [0.05, 0.1) is 19.1 Å². The molecule has 6 nitrogen and oxygen atoms in total. The summed E-state index contributed by atoms with van der Waals surface area (Å²) in [6.07, 6.45) is 7.48. The number of rotatable bonds is 13. The quantitative estimate of drug-likeness (QED) is 0.294. The maximum absolute atomic E-state index is 14.5. The van der Waals surface area contributed by atoms with Crippen LogP contribution in [0.2, 0.25) is 0 Å². The smallest absolute Gasteiger partial charge is 0.143 e. The summed E-state index contributed by atoms with van der Waals surface area (Å²) in [7, 11) is 0. The minimum absolute atomic E-state index is 0.335. The molecule has 3 rings (SSSR count). The Morgan fingerprint density at radius 1 is 1.03 bits per heavy atom. The van der Waals surface area contributed by atoms with Crippen molar-refractivity contribution in [3.63, 3.8) is 0 Å². The molecule has 1 aromatic carbocycles. The average molecular weight is 587 g/mol. The zero-order valence-corrected chi connectivity index (χ0v) is 25.4. The van der Waals surface area contributed by atoms with Gasteiger partial charge in [-0.15, -0.1) is 9.03 Å². The fourth-order valence-corrected chi connectivity index (χ4v) is 7.26. The van der Waals surface area contributed by atoms with Gasteiger partial charge in [-0.1, -0.05) is 30.3 Å². The predicted octanol–water partition coefficient (Wildman–Crippen LogP) is 5.80. The topological polar surface area (TPSA) is 79.8 Å². The molecule has 2 heterocycles. The molecule has 0 fully saturated rings. The van der Waals surface area contributed by atoms with E-state index in [9.17, 15) is 17.9 Å². The molecule has 2 unspecified atom stereocenters. The minimum atomic E-state index is -1.56. The second-order valence-electron chi connectivity index (χ2n) is 11.8. The summed E-state index contributed by atoms with van der Waals surface area (Å²) in [5.74, 6) is 0. The number of benzene rings is 1. The minimum Gasteiger partial charge on any atom is -0.598 e. The number of allylic oxidation sites excluding steroid dienone is 2. The Labute approximate surface area is 239 Å². The van der Waals surface area contributed by atoms with Crippen LogP contribution >= 0.6 is 0 Å². The van der Waals surface area contributed by atoms with Crippen LogP contribution in [0.1, 0.15) is 72.3 Å². The van der Waals surface area contributed by atoms with E-state index < -0.39 is 63.8 Å². The van der Waals surface area contributed by atoms with Crippen molar-refractivity contribution in [2.24, 2.45) is 0 Å². The average Bonchev–Trinajstić information content (AvgIpc) is 2.92. The van der Waals surface area contributed by atoms with E-state index in [0.717, 1.165) is 17.6 Å². The number of hydrogen-bond acceptors (Lipinski definition) is 6. The highest BCUT2D eigenvalue weighted by atomic mass is 32.2. The molecule has 10 heteroatoms. The lowest BCUT2D eigenvalue weighted by Gasteiger charge is -2.41. The largest absolute Gasteiger partial charge is 0.598 e. The van der Waals surface area contributed by atoms with Crippen LogP contribution in [0, 0.1) is 0 Å². The first-order valence-electron chi connectivity index (χ1n) is 13.6. The van der Waals surface area contributed by atoms with Crippen molar-refractivity contribution in [1.82, 2.24) is 9.03 Å². The van der Waals surface area contributed by atoms with Gasteiger partial charge in [0, 0.05) is 29.1 Å². The molecule has 0 radical (unpaired) electrons. The van der Waals surface area contributed by atoms with Crippen LogP contribution < -0.4 is 4.72 Å². The lowest BCUT2D eigenvalue weighted by atomic mass is 9.95. The molecule has 0 saturated carbocycles. The van der Waals surface area contributed by atoms with Gasteiger partial charge in [-0.25, -0.2) is 8.78 Å². The monoisotopic (exact) mass is 586 g/mol. The highest BCUT2D eigenvalue weighted by Crippen LogP contribution is 2.36. The van der Waals surface area contributed by atoms with Crippen LogP contribution in [0.5, 0.6) is 0 Å². The van der Waals surface area contributed by atoms with E-state index in [1.54, 1.807) is 16.8 Å². The van der Waals surface area contributed by atoms with Crippen LogP contribution in [0.3, 0.4) is 0 Å². The summed E-state index contributed by atoms with van der Waals surface area (Å²) >= 11 is -2.97. The number of hydrogen-bond donors (Lipinski definition) is 1. The van der Waals surface area contributed by atoms with E-state index in [0.29, 0.717) is 32.2 Å². The van der Waals surface area contributed by atoms with Crippen LogP contribution in [-0.2, 0) is 38.7 Å². The number of nitrogens with zero attached hydrogens (tertiary/aromatic N) is 1. The second-order valence-corrected chi connectivity index (χ2v) is 15.9. The van der Waals surface area contributed by atoms with E-state index >= 15 is 0 Å². The summed E-state index contributed by atoms with van der Waals surface area (Å²) in [6, 6.07) is 8.33. The predicted molar refractivity (Wildman–Crippen MR) is 155 cm³/mol. The molecule has 1 N–H and O–H groups in total. The fourth-order valence-electron chi connectivity index (χ4n) is 4.77. The molecule has 2 aliphatic heterocycles. The summed E-state index contributed by atoms with van der Waals surface area (Å²) in [6.45, 7) is 8.31. The second kappa shape index (κ2) is 14.5. The van der Waals surface area contributed by atoms with Crippen molar-refractivity contribution < 1.29 is 27.4 Å². The number of alkyl halides is 2. The van der Waals surface area contributed by atoms with E-state index in [4.69, 9.17) is 9.47 Å². The molecule has 0 amide bonds. The van der Waals surface area contributed by atoms with Gasteiger partial charge < -0.3 is 18.6 Å². The van der Waals surface area contributed by atoms with Gasteiger partial charge in [-0.2, -0.15) is 0 Å². The molecule has 0 aliphatic carbocycles. The third-order valence-electron chi connectivity index (χ3n) is 7.03. The van der Waals surface area contributed by atoms with Gasteiger partial charge in [0.2, 0.25) is 0 Å². The molecule has 0 bridgehead atoms.